The second-order valence-electron chi connectivity index (χ2n) is 6.85. The van der Waals surface area contributed by atoms with Crippen molar-refractivity contribution in [3.05, 3.63) is 34.9 Å². The van der Waals surface area contributed by atoms with Crippen LogP contribution in [0.15, 0.2) is 18.2 Å². The minimum atomic E-state index is -0.190. The van der Waals surface area contributed by atoms with Crippen molar-refractivity contribution in [1.29, 1.82) is 0 Å². The van der Waals surface area contributed by atoms with Crippen LogP contribution in [0.1, 0.15) is 89.7 Å². The molecule has 0 radical (unpaired) electrons. The van der Waals surface area contributed by atoms with Crippen molar-refractivity contribution in [2.75, 3.05) is 0 Å². The van der Waals surface area contributed by atoms with Crippen LogP contribution in [0.2, 0.25) is 0 Å². The van der Waals surface area contributed by atoms with Gasteiger partial charge in [-0.2, -0.15) is 0 Å². The average molecular weight is 306 g/mol. The first-order chi connectivity index (χ1) is 10.2. The molecule has 1 saturated carbocycles. The first kappa shape index (κ1) is 20.7. The highest BCUT2D eigenvalue weighted by Crippen LogP contribution is 2.47. The van der Waals surface area contributed by atoms with Gasteiger partial charge in [0.15, 0.2) is 0 Å². The molecule has 0 spiro atoms. The predicted octanol–water partition coefficient (Wildman–Crippen LogP) is 5.63. The van der Waals surface area contributed by atoms with Crippen LogP contribution in [0.25, 0.3) is 0 Å². The van der Waals surface area contributed by atoms with Crippen LogP contribution in [0.5, 0.6) is 0 Å². The molecule has 0 unspecified atom stereocenters. The van der Waals surface area contributed by atoms with Crippen molar-refractivity contribution in [2.24, 2.45) is 0 Å². The Balaban J connectivity index is 0.00000102. The SMILES string of the molecule is CC.CC.Cc1cc(C(=O)NC(C)(C)C)cc(C2(C)CC2)c1. The maximum Gasteiger partial charge on any atom is 0.251 e. The van der Waals surface area contributed by atoms with Gasteiger partial charge < -0.3 is 5.32 Å². The summed E-state index contributed by atoms with van der Waals surface area (Å²) < 4.78 is 0. The predicted molar refractivity (Wildman–Crippen MR) is 97.7 cm³/mol. The maximum absolute atomic E-state index is 12.2. The van der Waals surface area contributed by atoms with E-state index in [1.165, 1.54) is 24.0 Å². The van der Waals surface area contributed by atoms with E-state index in [9.17, 15) is 4.79 Å². The molecule has 0 atom stereocenters. The van der Waals surface area contributed by atoms with Gasteiger partial charge in [0.1, 0.15) is 0 Å². The highest BCUT2D eigenvalue weighted by molar-refractivity contribution is 5.95. The van der Waals surface area contributed by atoms with Gasteiger partial charge in [-0.15, -0.1) is 0 Å². The Bertz CT molecular complexity index is 479. The number of aryl methyl sites for hydroxylation is 1. The minimum absolute atomic E-state index is 0.0247. The molecule has 1 aliphatic carbocycles. The Labute approximate surface area is 137 Å². The number of rotatable bonds is 2. The summed E-state index contributed by atoms with van der Waals surface area (Å²) in [5, 5.41) is 3.02. The molecule has 1 amide bonds. The van der Waals surface area contributed by atoms with E-state index in [-0.39, 0.29) is 11.4 Å². The molecule has 0 heterocycles. The first-order valence-electron chi connectivity index (χ1n) is 8.64. The summed E-state index contributed by atoms with van der Waals surface area (Å²) in [5.41, 5.74) is 3.38. The summed E-state index contributed by atoms with van der Waals surface area (Å²) in [6.07, 6.45) is 2.47. The van der Waals surface area contributed by atoms with E-state index in [0.29, 0.717) is 5.41 Å². The van der Waals surface area contributed by atoms with E-state index >= 15 is 0 Å². The van der Waals surface area contributed by atoms with Crippen molar-refractivity contribution in [2.45, 2.75) is 86.1 Å². The van der Waals surface area contributed by atoms with Gasteiger partial charge in [0, 0.05) is 11.1 Å². The molecule has 126 valence electrons. The lowest BCUT2D eigenvalue weighted by Gasteiger charge is -2.21. The van der Waals surface area contributed by atoms with Crippen molar-refractivity contribution >= 4 is 5.91 Å². The molecule has 1 N–H and O–H groups in total. The normalized spacial score (nSPS) is 14.8. The molecular weight excluding hydrogens is 270 g/mol. The van der Waals surface area contributed by atoms with Crippen molar-refractivity contribution in [3.63, 3.8) is 0 Å². The van der Waals surface area contributed by atoms with Gasteiger partial charge in [0.2, 0.25) is 0 Å². The number of nitrogens with one attached hydrogen (secondary N) is 1. The van der Waals surface area contributed by atoms with Crippen molar-refractivity contribution in [3.8, 4) is 0 Å². The van der Waals surface area contributed by atoms with Crippen LogP contribution in [-0.2, 0) is 5.41 Å². The summed E-state index contributed by atoms with van der Waals surface area (Å²) in [6, 6.07) is 6.23. The quantitative estimate of drug-likeness (QED) is 0.754. The van der Waals surface area contributed by atoms with Gasteiger partial charge in [-0.05, 0) is 63.6 Å². The van der Waals surface area contributed by atoms with Crippen LogP contribution >= 0.6 is 0 Å². The van der Waals surface area contributed by atoms with Gasteiger partial charge >= 0.3 is 0 Å². The topological polar surface area (TPSA) is 29.1 Å². The Kier molecular flexibility index (Phi) is 7.86. The smallest absolute Gasteiger partial charge is 0.251 e. The Hall–Kier alpha value is -1.31. The fraction of sp³-hybridized carbons (Fsp3) is 0.650. The van der Waals surface area contributed by atoms with Gasteiger partial charge in [-0.1, -0.05) is 46.2 Å². The van der Waals surface area contributed by atoms with E-state index in [2.05, 4.69) is 31.3 Å². The highest BCUT2D eigenvalue weighted by Gasteiger charge is 2.39. The van der Waals surface area contributed by atoms with Crippen LogP contribution < -0.4 is 5.32 Å². The fourth-order valence-electron chi connectivity index (χ4n) is 2.15. The number of benzene rings is 1. The largest absolute Gasteiger partial charge is 0.347 e. The summed E-state index contributed by atoms with van der Waals surface area (Å²) in [5.74, 6) is 0.0247. The number of carbonyl (C=O) groups excluding carboxylic acids is 1. The van der Waals surface area contributed by atoms with Crippen LogP contribution in [-0.4, -0.2) is 11.4 Å². The molecule has 2 nitrogen and oxygen atoms in total. The zero-order valence-corrected chi connectivity index (χ0v) is 16.1. The summed E-state index contributed by atoms with van der Waals surface area (Å²) >= 11 is 0. The molecule has 1 aromatic rings. The molecule has 0 bridgehead atoms. The summed E-state index contributed by atoms with van der Waals surface area (Å²) in [4.78, 5) is 12.2. The van der Waals surface area contributed by atoms with Crippen LogP contribution in [0.3, 0.4) is 0 Å². The first-order valence-corrected chi connectivity index (χ1v) is 8.64. The Morgan fingerprint density at radius 3 is 1.95 bits per heavy atom. The third-order valence-electron chi connectivity index (χ3n) is 3.52. The maximum atomic E-state index is 12.2. The fourth-order valence-corrected chi connectivity index (χ4v) is 2.15. The Morgan fingerprint density at radius 2 is 1.55 bits per heavy atom. The second-order valence-corrected chi connectivity index (χ2v) is 6.85. The van der Waals surface area contributed by atoms with Crippen molar-refractivity contribution in [1.82, 2.24) is 5.32 Å². The monoisotopic (exact) mass is 305 g/mol. The number of hydrogen-bond acceptors (Lipinski definition) is 1. The molecule has 1 aliphatic rings. The van der Waals surface area contributed by atoms with E-state index in [1.54, 1.807) is 0 Å². The lowest BCUT2D eigenvalue weighted by molar-refractivity contribution is 0.0919. The molecule has 2 heteroatoms. The highest BCUT2D eigenvalue weighted by atomic mass is 16.1. The zero-order valence-electron chi connectivity index (χ0n) is 16.1. The standard InChI is InChI=1S/C16H23NO.2C2H6/c1-11-8-12(14(18)17-15(2,3)4)10-13(9-11)16(5)6-7-16;2*1-2/h8-10H,6-7H2,1-5H3,(H,17,18);2*1-2H3. The summed E-state index contributed by atoms with van der Waals surface area (Å²) in [6.45, 7) is 18.3. The third-order valence-corrected chi connectivity index (χ3v) is 3.52. The lowest BCUT2D eigenvalue weighted by atomic mass is 9.94. The third kappa shape index (κ3) is 6.21. The van der Waals surface area contributed by atoms with Gasteiger partial charge in [0.25, 0.3) is 5.91 Å². The van der Waals surface area contributed by atoms with Gasteiger partial charge in [-0.3, -0.25) is 4.79 Å². The second kappa shape index (κ2) is 8.36. The molecule has 2 rings (SSSR count). The van der Waals surface area contributed by atoms with Crippen LogP contribution in [0.4, 0.5) is 0 Å². The molecule has 22 heavy (non-hydrogen) atoms. The van der Waals surface area contributed by atoms with E-state index in [4.69, 9.17) is 0 Å². The van der Waals surface area contributed by atoms with E-state index < -0.39 is 0 Å². The zero-order chi connectivity index (χ0) is 17.6. The number of amides is 1. The number of hydrogen-bond donors (Lipinski definition) is 1. The average Bonchev–Trinajstić information content (AvgIpc) is 3.20. The summed E-state index contributed by atoms with van der Waals surface area (Å²) in [7, 11) is 0. The van der Waals surface area contributed by atoms with Gasteiger partial charge in [-0.25, -0.2) is 0 Å². The van der Waals surface area contributed by atoms with E-state index in [1.807, 2.05) is 54.5 Å². The Morgan fingerprint density at radius 1 is 1.05 bits per heavy atom. The molecule has 0 aliphatic heterocycles. The molecular formula is C20H35NO. The van der Waals surface area contributed by atoms with Crippen LogP contribution in [0, 0.1) is 6.92 Å². The lowest BCUT2D eigenvalue weighted by Crippen LogP contribution is -2.40. The molecule has 0 aromatic heterocycles. The number of carbonyl (C=O) groups is 1. The molecule has 1 aromatic carbocycles. The minimum Gasteiger partial charge on any atom is -0.347 e. The van der Waals surface area contributed by atoms with Gasteiger partial charge in [0.05, 0.1) is 0 Å². The molecule has 1 fully saturated rings. The van der Waals surface area contributed by atoms with E-state index in [0.717, 1.165) is 5.56 Å². The molecule has 0 saturated heterocycles. The van der Waals surface area contributed by atoms with Crippen molar-refractivity contribution < 1.29 is 4.79 Å².